The lowest BCUT2D eigenvalue weighted by atomic mass is 9.91. The molecule has 1 saturated heterocycles. The molecule has 0 aromatic heterocycles. The monoisotopic (exact) mass is 340 g/mol. The van der Waals surface area contributed by atoms with Gasteiger partial charge in [0.25, 0.3) is 0 Å². The van der Waals surface area contributed by atoms with Gasteiger partial charge in [-0.05, 0) is 70.4 Å². The highest BCUT2D eigenvalue weighted by molar-refractivity contribution is 7.88. The molecule has 0 spiro atoms. The van der Waals surface area contributed by atoms with Crippen molar-refractivity contribution in [2.75, 3.05) is 25.9 Å². The van der Waals surface area contributed by atoms with Crippen LogP contribution in [0, 0.1) is 5.92 Å². The number of rotatable bonds is 5. The van der Waals surface area contributed by atoms with Crippen LogP contribution in [0.2, 0.25) is 0 Å². The summed E-state index contributed by atoms with van der Waals surface area (Å²) in [6, 6.07) is 0.511. The lowest BCUT2D eigenvalue weighted by Gasteiger charge is -2.40. The van der Waals surface area contributed by atoms with Gasteiger partial charge in [-0.25, -0.2) is 8.42 Å². The lowest BCUT2D eigenvalue weighted by molar-refractivity contribution is 0.159. The highest BCUT2D eigenvalue weighted by Gasteiger charge is 2.37. The second-order valence-corrected chi connectivity index (χ2v) is 9.60. The van der Waals surface area contributed by atoms with Gasteiger partial charge in [0.15, 0.2) is 0 Å². The zero-order chi connectivity index (χ0) is 16.3. The van der Waals surface area contributed by atoms with E-state index in [0.29, 0.717) is 0 Å². The fraction of sp³-hybridized carbons (Fsp3) is 0.889. The van der Waals surface area contributed by atoms with E-state index in [1.807, 2.05) is 4.31 Å². The number of nitrogens with zero attached hydrogens (tertiary/aromatic N) is 2. The largest absolute Gasteiger partial charge is 0.303 e. The molecule has 0 bridgehead atoms. The lowest BCUT2D eigenvalue weighted by Crippen LogP contribution is -2.49. The molecule has 2 atom stereocenters. The summed E-state index contributed by atoms with van der Waals surface area (Å²) >= 11 is 0. The van der Waals surface area contributed by atoms with E-state index in [-0.39, 0.29) is 12.1 Å². The summed E-state index contributed by atoms with van der Waals surface area (Å²) in [5.41, 5.74) is 0. The van der Waals surface area contributed by atoms with Crippen molar-refractivity contribution in [2.24, 2.45) is 5.92 Å². The Morgan fingerprint density at radius 3 is 2.35 bits per heavy atom. The van der Waals surface area contributed by atoms with Gasteiger partial charge in [0.2, 0.25) is 10.0 Å². The topological polar surface area (TPSA) is 40.6 Å². The molecule has 0 unspecified atom stereocenters. The van der Waals surface area contributed by atoms with Crippen molar-refractivity contribution in [2.45, 2.75) is 69.9 Å². The van der Waals surface area contributed by atoms with Crippen LogP contribution >= 0.6 is 0 Å². The van der Waals surface area contributed by atoms with E-state index >= 15 is 0 Å². The number of likely N-dealkylation sites (tertiary alicyclic amines) is 1. The zero-order valence-electron chi connectivity index (χ0n) is 14.5. The molecule has 23 heavy (non-hydrogen) atoms. The van der Waals surface area contributed by atoms with E-state index in [0.717, 1.165) is 51.1 Å². The van der Waals surface area contributed by atoms with Gasteiger partial charge in [-0.3, -0.25) is 0 Å². The van der Waals surface area contributed by atoms with E-state index in [1.165, 1.54) is 38.5 Å². The van der Waals surface area contributed by atoms with Crippen LogP contribution in [0.25, 0.3) is 0 Å². The summed E-state index contributed by atoms with van der Waals surface area (Å²) < 4.78 is 26.4. The fourth-order valence-corrected chi connectivity index (χ4v) is 5.95. The molecular weight excluding hydrogens is 308 g/mol. The normalized spacial score (nSPS) is 31.0. The van der Waals surface area contributed by atoms with Gasteiger partial charge in [0.1, 0.15) is 0 Å². The standard InChI is InChI=1S/C18H32N2O2S/c1-23(21,22)20(17-9-5-10-17)18-11-6-13-19(14-12-18)15-16-7-3-2-4-8-16/h2-3,16-18H,4-15H2,1H3/t16-,18+/m1/s1. The van der Waals surface area contributed by atoms with E-state index in [1.54, 1.807) is 0 Å². The Morgan fingerprint density at radius 1 is 1.00 bits per heavy atom. The van der Waals surface area contributed by atoms with Crippen molar-refractivity contribution in [3.8, 4) is 0 Å². The predicted octanol–water partition coefficient (Wildman–Crippen LogP) is 3.01. The van der Waals surface area contributed by atoms with E-state index in [9.17, 15) is 8.42 Å². The average Bonchev–Trinajstić information content (AvgIpc) is 2.68. The Morgan fingerprint density at radius 2 is 1.74 bits per heavy atom. The van der Waals surface area contributed by atoms with Crippen molar-refractivity contribution in [1.29, 1.82) is 0 Å². The molecule has 3 aliphatic rings. The Bertz CT molecular complexity index is 513. The molecule has 5 heteroatoms. The molecule has 1 saturated carbocycles. The molecule has 1 aliphatic heterocycles. The van der Waals surface area contributed by atoms with E-state index < -0.39 is 10.0 Å². The number of allylic oxidation sites excluding steroid dienone is 2. The van der Waals surface area contributed by atoms with E-state index in [2.05, 4.69) is 17.1 Å². The van der Waals surface area contributed by atoms with Crippen molar-refractivity contribution in [3.63, 3.8) is 0 Å². The van der Waals surface area contributed by atoms with Crippen LogP contribution in [-0.2, 0) is 10.0 Å². The summed E-state index contributed by atoms with van der Waals surface area (Å²) in [6.45, 7) is 3.39. The molecule has 2 aliphatic carbocycles. The van der Waals surface area contributed by atoms with Crippen LogP contribution in [0.3, 0.4) is 0 Å². The molecule has 2 fully saturated rings. The summed E-state index contributed by atoms with van der Waals surface area (Å²) in [5, 5.41) is 0. The first-order valence-electron chi connectivity index (χ1n) is 9.40. The zero-order valence-corrected chi connectivity index (χ0v) is 15.3. The molecule has 0 N–H and O–H groups in total. The van der Waals surface area contributed by atoms with Crippen LogP contribution < -0.4 is 0 Å². The maximum atomic E-state index is 12.3. The third-order valence-electron chi connectivity index (χ3n) is 5.86. The Balaban J connectivity index is 1.57. The van der Waals surface area contributed by atoms with Gasteiger partial charge in [-0.1, -0.05) is 18.6 Å². The minimum Gasteiger partial charge on any atom is -0.303 e. The van der Waals surface area contributed by atoms with Crippen LogP contribution in [0.1, 0.15) is 57.8 Å². The van der Waals surface area contributed by atoms with Gasteiger partial charge < -0.3 is 4.90 Å². The molecule has 132 valence electrons. The first kappa shape index (κ1) is 17.4. The number of hydrogen-bond acceptors (Lipinski definition) is 3. The van der Waals surface area contributed by atoms with Crippen LogP contribution in [0.4, 0.5) is 0 Å². The predicted molar refractivity (Wildman–Crippen MR) is 94.9 cm³/mol. The third kappa shape index (κ3) is 4.58. The van der Waals surface area contributed by atoms with Gasteiger partial charge in [-0.2, -0.15) is 4.31 Å². The maximum Gasteiger partial charge on any atom is 0.211 e. The highest BCUT2D eigenvalue weighted by Crippen LogP contribution is 2.32. The number of hydrogen-bond donors (Lipinski definition) is 0. The van der Waals surface area contributed by atoms with Crippen LogP contribution in [-0.4, -0.2) is 55.6 Å². The summed E-state index contributed by atoms with van der Waals surface area (Å²) in [4.78, 5) is 2.59. The maximum absolute atomic E-state index is 12.3. The number of sulfonamides is 1. The molecule has 0 amide bonds. The minimum absolute atomic E-state index is 0.228. The summed E-state index contributed by atoms with van der Waals surface area (Å²) in [5.74, 6) is 0.800. The molecule has 0 radical (unpaired) electrons. The first-order valence-corrected chi connectivity index (χ1v) is 11.2. The van der Waals surface area contributed by atoms with Crippen molar-refractivity contribution in [1.82, 2.24) is 9.21 Å². The fourth-order valence-electron chi connectivity index (χ4n) is 4.44. The van der Waals surface area contributed by atoms with Crippen LogP contribution in [0.15, 0.2) is 12.2 Å². The average molecular weight is 341 g/mol. The van der Waals surface area contributed by atoms with Gasteiger partial charge in [0, 0.05) is 18.6 Å². The smallest absolute Gasteiger partial charge is 0.211 e. The Labute approximate surface area is 142 Å². The van der Waals surface area contributed by atoms with Crippen molar-refractivity contribution < 1.29 is 8.42 Å². The second-order valence-electron chi connectivity index (χ2n) is 7.71. The van der Waals surface area contributed by atoms with Gasteiger partial charge in [0.05, 0.1) is 6.26 Å². The molecule has 1 heterocycles. The summed E-state index contributed by atoms with van der Waals surface area (Å²) in [7, 11) is -3.08. The third-order valence-corrected chi connectivity index (χ3v) is 7.22. The van der Waals surface area contributed by atoms with E-state index in [4.69, 9.17) is 0 Å². The summed E-state index contributed by atoms with van der Waals surface area (Å²) in [6.07, 6.45) is 16.3. The van der Waals surface area contributed by atoms with Crippen molar-refractivity contribution >= 4 is 10.0 Å². The second kappa shape index (κ2) is 7.66. The Hall–Kier alpha value is -0.390. The Kier molecular flexibility index (Phi) is 5.81. The SMILES string of the molecule is CS(=O)(=O)N(C1CCC1)[C@H]1CCCN(C[C@@H]2CC=CCC2)CC1. The molecule has 0 aromatic carbocycles. The molecular formula is C18H32N2O2S. The minimum atomic E-state index is -3.08. The highest BCUT2D eigenvalue weighted by atomic mass is 32.2. The molecule has 4 nitrogen and oxygen atoms in total. The van der Waals surface area contributed by atoms with Gasteiger partial charge >= 0.3 is 0 Å². The molecule has 0 aromatic rings. The van der Waals surface area contributed by atoms with Gasteiger partial charge in [-0.15, -0.1) is 0 Å². The quantitative estimate of drug-likeness (QED) is 0.722. The van der Waals surface area contributed by atoms with Crippen molar-refractivity contribution in [3.05, 3.63) is 12.2 Å². The van der Waals surface area contributed by atoms with Crippen LogP contribution in [0.5, 0.6) is 0 Å². The first-order chi connectivity index (χ1) is 11.0. The molecule has 3 rings (SSSR count).